The molecule has 0 spiro atoms. The third-order valence-electron chi connectivity index (χ3n) is 4.88. The molecule has 3 nitrogen and oxygen atoms in total. The summed E-state index contributed by atoms with van der Waals surface area (Å²) < 4.78 is 0. The van der Waals surface area contributed by atoms with Crippen LogP contribution in [0, 0.1) is 5.41 Å². The smallest absolute Gasteiger partial charge is 0.182 e. The lowest BCUT2D eigenvalue weighted by Gasteiger charge is -2.40. The molecule has 0 unspecified atom stereocenters. The van der Waals surface area contributed by atoms with E-state index < -0.39 is 0 Å². The fourth-order valence-electron chi connectivity index (χ4n) is 3.06. The van der Waals surface area contributed by atoms with Gasteiger partial charge >= 0.3 is 0 Å². The van der Waals surface area contributed by atoms with Crippen LogP contribution in [0.25, 0.3) is 0 Å². The SMILES string of the molecule is CCCNc1ncc(CN2CCC(CC)(CC)CC2)s1. The van der Waals surface area contributed by atoms with E-state index >= 15 is 0 Å². The largest absolute Gasteiger partial charge is 0.362 e. The normalized spacial score (nSPS) is 19.1. The van der Waals surface area contributed by atoms with Crippen LogP contribution in [-0.4, -0.2) is 29.5 Å². The molecule has 20 heavy (non-hydrogen) atoms. The van der Waals surface area contributed by atoms with Crippen LogP contribution in [0.2, 0.25) is 0 Å². The van der Waals surface area contributed by atoms with Gasteiger partial charge in [-0.15, -0.1) is 11.3 Å². The number of thiazole rings is 1. The van der Waals surface area contributed by atoms with E-state index in [1.54, 1.807) is 0 Å². The van der Waals surface area contributed by atoms with Crippen LogP contribution in [0.4, 0.5) is 5.13 Å². The third kappa shape index (κ3) is 3.95. The summed E-state index contributed by atoms with van der Waals surface area (Å²) in [6, 6.07) is 0. The highest BCUT2D eigenvalue weighted by molar-refractivity contribution is 7.15. The molecule has 0 aliphatic carbocycles. The molecule has 0 bridgehead atoms. The van der Waals surface area contributed by atoms with Crippen LogP contribution < -0.4 is 5.32 Å². The molecule has 114 valence electrons. The maximum absolute atomic E-state index is 4.46. The minimum Gasteiger partial charge on any atom is -0.362 e. The van der Waals surface area contributed by atoms with Gasteiger partial charge in [-0.2, -0.15) is 0 Å². The number of nitrogens with one attached hydrogen (secondary N) is 1. The molecule has 1 N–H and O–H groups in total. The summed E-state index contributed by atoms with van der Waals surface area (Å²) in [5.74, 6) is 0. The van der Waals surface area contributed by atoms with Crippen molar-refractivity contribution in [1.29, 1.82) is 0 Å². The second-order valence-electron chi connectivity index (χ2n) is 6.04. The average molecular weight is 295 g/mol. The lowest BCUT2D eigenvalue weighted by atomic mass is 9.74. The molecule has 0 amide bonds. The second-order valence-corrected chi connectivity index (χ2v) is 7.16. The van der Waals surface area contributed by atoms with E-state index in [0.29, 0.717) is 5.41 Å². The highest BCUT2D eigenvalue weighted by atomic mass is 32.1. The summed E-state index contributed by atoms with van der Waals surface area (Å²) in [4.78, 5) is 8.45. The Kier molecular flexibility index (Phi) is 5.85. The van der Waals surface area contributed by atoms with Crippen LogP contribution in [-0.2, 0) is 6.54 Å². The molecule has 1 aliphatic rings. The van der Waals surface area contributed by atoms with E-state index in [-0.39, 0.29) is 0 Å². The van der Waals surface area contributed by atoms with Gasteiger partial charge in [0.25, 0.3) is 0 Å². The predicted molar refractivity (Wildman–Crippen MR) is 88.4 cm³/mol. The van der Waals surface area contributed by atoms with Crippen molar-refractivity contribution >= 4 is 16.5 Å². The van der Waals surface area contributed by atoms with Crippen LogP contribution >= 0.6 is 11.3 Å². The Bertz CT molecular complexity index is 388. The van der Waals surface area contributed by atoms with Gasteiger partial charge in [0.15, 0.2) is 5.13 Å². The van der Waals surface area contributed by atoms with E-state index in [4.69, 9.17) is 0 Å². The number of nitrogens with zero attached hydrogens (tertiary/aromatic N) is 2. The predicted octanol–water partition coefficient (Wildman–Crippen LogP) is 4.37. The molecular formula is C16H29N3S. The van der Waals surface area contributed by atoms with Crippen molar-refractivity contribution in [2.75, 3.05) is 25.0 Å². The number of rotatable bonds is 7. The molecule has 4 heteroatoms. The van der Waals surface area contributed by atoms with Gasteiger partial charge in [0, 0.05) is 24.2 Å². The molecule has 1 aromatic heterocycles. The highest BCUT2D eigenvalue weighted by Gasteiger charge is 2.31. The van der Waals surface area contributed by atoms with Gasteiger partial charge in [-0.3, -0.25) is 4.90 Å². The fourth-order valence-corrected chi connectivity index (χ4v) is 3.94. The maximum Gasteiger partial charge on any atom is 0.182 e. The second kappa shape index (κ2) is 7.41. The van der Waals surface area contributed by atoms with E-state index in [1.165, 1.54) is 43.6 Å². The van der Waals surface area contributed by atoms with Gasteiger partial charge in [0.2, 0.25) is 0 Å². The number of anilines is 1. The van der Waals surface area contributed by atoms with Gasteiger partial charge in [0.05, 0.1) is 0 Å². The Balaban J connectivity index is 1.82. The Morgan fingerprint density at radius 2 is 1.95 bits per heavy atom. The van der Waals surface area contributed by atoms with Gasteiger partial charge in [-0.25, -0.2) is 4.98 Å². The van der Waals surface area contributed by atoms with Crippen molar-refractivity contribution in [2.45, 2.75) is 59.4 Å². The minimum atomic E-state index is 0.623. The lowest BCUT2D eigenvalue weighted by Crippen LogP contribution is -2.39. The average Bonchev–Trinajstić information content (AvgIpc) is 2.94. The molecule has 0 saturated carbocycles. The van der Waals surface area contributed by atoms with Crippen molar-refractivity contribution in [3.05, 3.63) is 11.1 Å². The van der Waals surface area contributed by atoms with Crippen molar-refractivity contribution < 1.29 is 0 Å². The van der Waals surface area contributed by atoms with Gasteiger partial charge < -0.3 is 5.32 Å². The van der Waals surface area contributed by atoms with Crippen LogP contribution in [0.5, 0.6) is 0 Å². The maximum atomic E-state index is 4.46. The van der Waals surface area contributed by atoms with Gasteiger partial charge in [-0.1, -0.05) is 33.6 Å². The summed E-state index contributed by atoms with van der Waals surface area (Å²) in [7, 11) is 0. The number of hydrogen-bond donors (Lipinski definition) is 1. The zero-order chi connectivity index (χ0) is 14.4. The molecule has 0 radical (unpaired) electrons. The first kappa shape index (κ1) is 15.8. The molecule has 2 rings (SSSR count). The summed E-state index contributed by atoms with van der Waals surface area (Å²) >= 11 is 1.81. The summed E-state index contributed by atoms with van der Waals surface area (Å²) in [6.45, 7) is 11.5. The molecule has 1 saturated heterocycles. The topological polar surface area (TPSA) is 28.2 Å². The molecule has 2 heterocycles. The van der Waals surface area contributed by atoms with E-state index in [0.717, 1.165) is 24.6 Å². The van der Waals surface area contributed by atoms with E-state index in [2.05, 4.69) is 36.0 Å². The number of hydrogen-bond acceptors (Lipinski definition) is 4. The zero-order valence-corrected chi connectivity index (χ0v) is 14.1. The van der Waals surface area contributed by atoms with Crippen molar-refractivity contribution in [2.24, 2.45) is 5.41 Å². The Morgan fingerprint density at radius 1 is 1.25 bits per heavy atom. The molecular weight excluding hydrogens is 266 g/mol. The van der Waals surface area contributed by atoms with E-state index in [9.17, 15) is 0 Å². The standard InChI is InChI=1S/C16H29N3S/c1-4-9-17-15-18-12-14(20-15)13-19-10-7-16(5-2,6-3)8-11-19/h12H,4-11,13H2,1-3H3,(H,17,18). The van der Waals surface area contributed by atoms with E-state index in [1.807, 2.05) is 17.5 Å². The monoisotopic (exact) mass is 295 g/mol. The molecule has 0 aromatic carbocycles. The summed E-state index contributed by atoms with van der Waals surface area (Å²) in [5.41, 5.74) is 0.623. The Morgan fingerprint density at radius 3 is 2.55 bits per heavy atom. The van der Waals surface area contributed by atoms with Crippen LogP contribution in [0.1, 0.15) is 57.8 Å². The van der Waals surface area contributed by atoms with Crippen molar-refractivity contribution in [3.8, 4) is 0 Å². The third-order valence-corrected chi connectivity index (χ3v) is 5.82. The quantitative estimate of drug-likeness (QED) is 0.809. The molecule has 1 aliphatic heterocycles. The Labute approximate surface area is 127 Å². The first-order valence-corrected chi connectivity index (χ1v) is 8.94. The number of aromatic nitrogens is 1. The summed E-state index contributed by atoms with van der Waals surface area (Å²) in [5, 5.41) is 4.45. The number of likely N-dealkylation sites (tertiary alicyclic amines) is 1. The van der Waals surface area contributed by atoms with Crippen molar-refractivity contribution in [3.63, 3.8) is 0 Å². The Hall–Kier alpha value is -0.610. The number of piperidine rings is 1. The molecule has 1 fully saturated rings. The first-order valence-electron chi connectivity index (χ1n) is 8.12. The molecule has 0 atom stereocenters. The lowest BCUT2D eigenvalue weighted by molar-refractivity contribution is 0.0915. The van der Waals surface area contributed by atoms with Gasteiger partial charge in [0.1, 0.15) is 0 Å². The van der Waals surface area contributed by atoms with Crippen LogP contribution in [0.15, 0.2) is 6.20 Å². The zero-order valence-electron chi connectivity index (χ0n) is 13.2. The fraction of sp³-hybridized carbons (Fsp3) is 0.812. The summed E-state index contributed by atoms with van der Waals surface area (Å²) in [6.07, 6.45) is 8.59. The highest BCUT2D eigenvalue weighted by Crippen LogP contribution is 2.38. The van der Waals surface area contributed by atoms with Crippen molar-refractivity contribution in [1.82, 2.24) is 9.88 Å². The minimum absolute atomic E-state index is 0.623. The molecule has 1 aromatic rings. The van der Waals surface area contributed by atoms with Crippen LogP contribution in [0.3, 0.4) is 0 Å². The van der Waals surface area contributed by atoms with Gasteiger partial charge in [-0.05, 0) is 37.8 Å². The first-order chi connectivity index (χ1) is 9.71.